The Balaban J connectivity index is 2.46. The van der Waals surface area contributed by atoms with Gasteiger partial charge in [0.25, 0.3) is 0 Å². The average Bonchev–Trinajstić information content (AvgIpc) is 2.77. The summed E-state index contributed by atoms with van der Waals surface area (Å²) in [6.07, 6.45) is 5.67. The van der Waals surface area contributed by atoms with Gasteiger partial charge in [0.05, 0.1) is 0 Å². The summed E-state index contributed by atoms with van der Waals surface area (Å²) in [6, 6.07) is 1.77. The van der Waals surface area contributed by atoms with Crippen LogP contribution in [0.3, 0.4) is 0 Å². The molecule has 0 atom stereocenters. The maximum absolute atomic E-state index is 6.06. The molecule has 5 heteroatoms. The fourth-order valence-electron chi connectivity index (χ4n) is 1.76. The van der Waals surface area contributed by atoms with Crippen LogP contribution in [0, 0.1) is 0 Å². The second-order valence-corrected chi connectivity index (χ2v) is 4.91. The smallest absolute Gasteiger partial charge is 0.143 e. The molecule has 0 aliphatic rings. The molecular formula is C13H17ClN4. The molecule has 2 aromatic heterocycles. The van der Waals surface area contributed by atoms with Gasteiger partial charge in [0.15, 0.2) is 0 Å². The van der Waals surface area contributed by atoms with Crippen molar-refractivity contribution in [1.82, 2.24) is 19.5 Å². The van der Waals surface area contributed by atoms with E-state index in [1.807, 2.05) is 10.8 Å². The van der Waals surface area contributed by atoms with Gasteiger partial charge in [0.2, 0.25) is 0 Å². The van der Waals surface area contributed by atoms with Gasteiger partial charge < -0.3 is 0 Å². The molecule has 0 fully saturated rings. The van der Waals surface area contributed by atoms with Crippen LogP contribution in [-0.2, 0) is 6.42 Å². The van der Waals surface area contributed by atoms with Crippen molar-refractivity contribution in [2.45, 2.75) is 39.5 Å². The third-order valence-corrected chi connectivity index (χ3v) is 2.85. The highest BCUT2D eigenvalue weighted by atomic mass is 35.5. The van der Waals surface area contributed by atoms with Crippen molar-refractivity contribution in [3.05, 3.63) is 35.3 Å². The van der Waals surface area contributed by atoms with Gasteiger partial charge in [0, 0.05) is 30.8 Å². The highest BCUT2D eigenvalue weighted by Gasteiger charge is 2.10. The van der Waals surface area contributed by atoms with E-state index in [0.29, 0.717) is 5.15 Å². The van der Waals surface area contributed by atoms with Gasteiger partial charge >= 0.3 is 0 Å². The first-order chi connectivity index (χ1) is 8.61. The number of imidazole rings is 1. The van der Waals surface area contributed by atoms with Crippen molar-refractivity contribution in [3.8, 4) is 5.82 Å². The molecule has 0 aliphatic heterocycles. The first-order valence-electron chi connectivity index (χ1n) is 6.19. The molecular weight excluding hydrogens is 248 g/mol. The van der Waals surface area contributed by atoms with Gasteiger partial charge in [-0.3, -0.25) is 4.57 Å². The number of hydrogen-bond donors (Lipinski definition) is 0. The van der Waals surface area contributed by atoms with E-state index in [9.17, 15) is 0 Å². The molecule has 0 aromatic carbocycles. The van der Waals surface area contributed by atoms with E-state index < -0.39 is 0 Å². The van der Waals surface area contributed by atoms with Crippen LogP contribution in [0.5, 0.6) is 0 Å². The predicted octanol–water partition coefficient (Wildman–Crippen LogP) is 3.39. The Morgan fingerprint density at radius 3 is 2.78 bits per heavy atom. The molecule has 0 aliphatic carbocycles. The van der Waals surface area contributed by atoms with Crippen LogP contribution in [0.15, 0.2) is 18.5 Å². The monoisotopic (exact) mass is 264 g/mol. The van der Waals surface area contributed by atoms with E-state index in [0.717, 1.165) is 30.3 Å². The summed E-state index contributed by atoms with van der Waals surface area (Å²) in [5.41, 5.74) is 0. The topological polar surface area (TPSA) is 43.6 Å². The molecule has 0 saturated carbocycles. The van der Waals surface area contributed by atoms with Crippen LogP contribution in [0.4, 0.5) is 0 Å². The molecule has 2 aromatic rings. The highest BCUT2D eigenvalue weighted by Crippen LogP contribution is 2.18. The Morgan fingerprint density at radius 1 is 1.33 bits per heavy atom. The Morgan fingerprint density at radius 2 is 2.11 bits per heavy atom. The highest BCUT2D eigenvalue weighted by molar-refractivity contribution is 6.29. The third kappa shape index (κ3) is 2.70. The number of halogens is 1. The number of rotatable bonds is 4. The maximum atomic E-state index is 6.06. The Labute approximate surface area is 112 Å². The van der Waals surface area contributed by atoms with Crippen LogP contribution in [0.2, 0.25) is 5.15 Å². The van der Waals surface area contributed by atoms with E-state index in [-0.39, 0.29) is 5.92 Å². The number of hydrogen-bond acceptors (Lipinski definition) is 3. The van der Waals surface area contributed by atoms with Crippen molar-refractivity contribution >= 4 is 11.6 Å². The Bertz CT molecular complexity index is 534. The van der Waals surface area contributed by atoms with Gasteiger partial charge in [-0.05, 0) is 6.42 Å². The normalized spacial score (nSPS) is 11.2. The average molecular weight is 265 g/mol. The minimum Gasteiger partial charge on any atom is -0.288 e. The molecule has 0 N–H and O–H groups in total. The molecule has 0 saturated heterocycles. The number of aryl methyl sites for hydroxylation is 1. The SMILES string of the molecule is CCCc1nccn1-c1cc(Cl)nc(C(C)C)n1. The summed E-state index contributed by atoms with van der Waals surface area (Å²) < 4.78 is 1.98. The van der Waals surface area contributed by atoms with Crippen LogP contribution < -0.4 is 0 Å². The fraction of sp³-hybridized carbons (Fsp3) is 0.462. The quantitative estimate of drug-likeness (QED) is 0.795. The van der Waals surface area contributed by atoms with Gasteiger partial charge in [-0.25, -0.2) is 15.0 Å². The lowest BCUT2D eigenvalue weighted by Gasteiger charge is -2.10. The van der Waals surface area contributed by atoms with Crippen LogP contribution in [0.25, 0.3) is 5.82 Å². The second-order valence-electron chi connectivity index (χ2n) is 4.53. The van der Waals surface area contributed by atoms with Gasteiger partial charge in [-0.15, -0.1) is 0 Å². The summed E-state index contributed by atoms with van der Waals surface area (Å²) in [6.45, 7) is 6.23. The second kappa shape index (κ2) is 5.48. The zero-order valence-electron chi connectivity index (χ0n) is 10.9. The molecule has 0 spiro atoms. The van der Waals surface area contributed by atoms with Crippen LogP contribution in [0.1, 0.15) is 44.8 Å². The zero-order valence-corrected chi connectivity index (χ0v) is 11.6. The minimum absolute atomic E-state index is 0.251. The minimum atomic E-state index is 0.251. The molecule has 18 heavy (non-hydrogen) atoms. The lowest BCUT2D eigenvalue weighted by atomic mass is 10.2. The lowest BCUT2D eigenvalue weighted by Crippen LogP contribution is -2.07. The summed E-state index contributed by atoms with van der Waals surface area (Å²) in [4.78, 5) is 13.1. The van der Waals surface area contributed by atoms with Gasteiger partial charge in [-0.2, -0.15) is 0 Å². The van der Waals surface area contributed by atoms with Crippen molar-refractivity contribution < 1.29 is 0 Å². The Hall–Kier alpha value is -1.42. The van der Waals surface area contributed by atoms with E-state index in [1.165, 1.54) is 0 Å². The fourth-order valence-corrected chi connectivity index (χ4v) is 1.94. The summed E-state index contributed by atoms with van der Waals surface area (Å²) in [5.74, 6) is 2.80. The van der Waals surface area contributed by atoms with Crippen molar-refractivity contribution in [2.75, 3.05) is 0 Å². The van der Waals surface area contributed by atoms with Crippen molar-refractivity contribution in [2.24, 2.45) is 0 Å². The largest absolute Gasteiger partial charge is 0.288 e. The first-order valence-corrected chi connectivity index (χ1v) is 6.56. The van der Waals surface area contributed by atoms with Gasteiger partial charge in [-0.1, -0.05) is 32.4 Å². The summed E-state index contributed by atoms with van der Waals surface area (Å²) in [7, 11) is 0. The molecule has 2 heterocycles. The van der Waals surface area contributed by atoms with Crippen molar-refractivity contribution in [1.29, 1.82) is 0 Å². The molecule has 96 valence electrons. The standard InChI is InChI=1S/C13H17ClN4/c1-4-5-11-15-6-7-18(11)12-8-10(14)16-13(17-12)9(2)3/h6-9H,4-5H2,1-3H3. The molecule has 2 rings (SSSR count). The van der Waals surface area contributed by atoms with Crippen LogP contribution >= 0.6 is 11.6 Å². The van der Waals surface area contributed by atoms with E-state index >= 15 is 0 Å². The molecule has 0 bridgehead atoms. The molecule has 0 unspecified atom stereocenters. The van der Waals surface area contributed by atoms with E-state index in [2.05, 4.69) is 35.7 Å². The van der Waals surface area contributed by atoms with E-state index in [4.69, 9.17) is 11.6 Å². The van der Waals surface area contributed by atoms with Crippen molar-refractivity contribution in [3.63, 3.8) is 0 Å². The number of aromatic nitrogens is 4. The molecule has 0 amide bonds. The summed E-state index contributed by atoms with van der Waals surface area (Å²) >= 11 is 6.06. The van der Waals surface area contributed by atoms with Crippen LogP contribution in [-0.4, -0.2) is 19.5 Å². The predicted molar refractivity (Wildman–Crippen MR) is 72.2 cm³/mol. The molecule has 0 radical (unpaired) electrons. The summed E-state index contributed by atoms with van der Waals surface area (Å²) in [5, 5.41) is 0.472. The zero-order chi connectivity index (χ0) is 13.1. The number of nitrogens with zero attached hydrogens (tertiary/aromatic N) is 4. The maximum Gasteiger partial charge on any atom is 0.143 e. The third-order valence-electron chi connectivity index (χ3n) is 2.65. The lowest BCUT2D eigenvalue weighted by molar-refractivity contribution is 0.746. The van der Waals surface area contributed by atoms with Gasteiger partial charge in [0.1, 0.15) is 22.6 Å². The molecule has 4 nitrogen and oxygen atoms in total. The first kappa shape index (κ1) is 13.0. The Kier molecular flexibility index (Phi) is 3.97. The van der Waals surface area contributed by atoms with E-state index in [1.54, 1.807) is 12.3 Å².